The molecule has 2 aromatic rings. The van der Waals surface area contributed by atoms with E-state index in [-0.39, 0.29) is 11.5 Å². The summed E-state index contributed by atoms with van der Waals surface area (Å²) in [5, 5.41) is 0. The van der Waals surface area contributed by atoms with Crippen LogP contribution in [-0.4, -0.2) is 29.7 Å². The highest BCUT2D eigenvalue weighted by molar-refractivity contribution is 7.99. The number of benzene rings is 2. The lowest BCUT2D eigenvalue weighted by molar-refractivity contribution is 0.0178. The highest BCUT2D eigenvalue weighted by Gasteiger charge is 2.44. The maximum atomic E-state index is 12.5. The van der Waals surface area contributed by atoms with Gasteiger partial charge in [-0.1, -0.05) is 48.2 Å². The molecule has 0 aliphatic carbocycles. The Morgan fingerprint density at radius 3 is 1.96 bits per heavy atom. The second kappa shape index (κ2) is 6.34. The van der Waals surface area contributed by atoms with Gasteiger partial charge in [0.05, 0.1) is 0 Å². The predicted molar refractivity (Wildman–Crippen MR) is 105 cm³/mol. The molecule has 1 fully saturated rings. The summed E-state index contributed by atoms with van der Waals surface area (Å²) < 4.78 is 5.57. The summed E-state index contributed by atoms with van der Waals surface area (Å²) in [5.41, 5.74) is 2.36. The van der Waals surface area contributed by atoms with Crippen molar-refractivity contribution in [2.24, 2.45) is 0 Å². The Morgan fingerprint density at radius 2 is 1.46 bits per heavy atom. The van der Waals surface area contributed by atoms with Crippen molar-refractivity contribution in [3.63, 3.8) is 0 Å². The van der Waals surface area contributed by atoms with Crippen molar-refractivity contribution in [3.05, 3.63) is 59.7 Å². The molecule has 26 heavy (non-hydrogen) atoms. The standard InChI is InChI=1S/C22H25NO2S/c1-21(2,3)25-20(24)23-14-12-22(13-15-23)16-8-4-6-10-18(16)26-19-11-7-5-9-17(19)22/h4-11H,12-15H2,1-3H3. The fraction of sp³-hybridized carbons (Fsp3) is 0.409. The van der Waals surface area contributed by atoms with Crippen molar-refractivity contribution < 1.29 is 9.53 Å². The van der Waals surface area contributed by atoms with Crippen LogP contribution in [0.2, 0.25) is 0 Å². The van der Waals surface area contributed by atoms with Gasteiger partial charge in [0.1, 0.15) is 5.60 Å². The smallest absolute Gasteiger partial charge is 0.410 e. The van der Waals surface area contributed by atoms with Crippen LogP contribution in [0.4, 0.5) is 4.79 Å². The number of hydrogen-bond acceptors (Lipinski definition) is 3. The van der Waals surface area contributed by atoms with E-state index >= 15 is 0 Å². The van der Waals surface area contributed by atoms with E-state index in [9.17, 15) is 4.79 Å². The summed E-state index contributed by atoms with van der Waals surface area (Å²) in [6.45, 7) is 7.20. The van der Waals surface area contributed by atoms with Gasteiger partial charge in [-0.3, -0.25) is 0 Å². The molecule has 2 aliphatic heterocycles. The number of likely N-dealkylation sites (tertiary alicyclic amines) is 1. The second-order valence-corrected chi connectivity index (χ2v) is 9.23. The van der Waals surface area contributed by atoms with Crippen LogP contribution >= 0.6 is 11.8 Å². The lowest BCUT2D eigenvalue weighted by atomic mass is 9.67. The fourth-order valence-electron chi connectivity index (χ4n) is 4.10. The summed E-state index contributed by atoms with van der Waals surface area (Å²) in [6, 6.07) is 17.5. The molecule has 0 atom stereocenters. The first-order valence-electron chi connectivity index (χ1n) is 9.24. The van der Waals surface area contributed by atoms with Gasteiger partial charge in [-0.15, -0.1) is 0 Å². The third-order valence-electron chi connectivity index (χ3n) is 5.29. The van der Waals surface area contributed by atoms with Crippen LogP contribution in [0.25, 0.3) is 0 Å². The molecule has 2 aromatic carbocycles. The number of carbonyl (C=O) groups is 1. The molecule has 4 rings (SSSR count). The van der Waals surface area contributed by atoms with Gasteiger partial charge in [-0.05, 0) is 56.9 Å². The van der Waals surface area contributed by atoms with Gasteiger partial charge < -0.3 is 9.64 Å². The van der Waals surface area contributed by atoms with E-state index in [1.54, 1.807) is 0 Å². The maximum Gasteiger partial charge on any atom is 0.410 e. The molecule has 4 heteroatoms. The number of piperidine rings is 1. The summed E-state index contributed by atoms with van der Waals surface area (Å²) in [5.74, 6) is 0. The Labute approximate surface area is 159 Å². The van der Waals surface area contributed by atoms with E-state index in [1.165, 1.54) is 20.9 Å². The van der Waals surface area contributed by atoms with Gasteiger partial charge in [0.2, 0.25) is 0 Å². The lowest BCUT2D eigenvalue weighted by Crippen LogP contribution is -2.48. The van der Waals surface area contributed by atoms with Crippen LogP contribution in [-0.2, 0) is 10.2 Å². The monoisotopic (exact) mass is 367 g/mol. The third kappa shape index (κ3) is 3.01. The van der Waals surface area contributed by atoms with Crippen LogP contribution in [0.1, 0.15) is 44.7 Å². The maximum absolute atomic E-state index is 12.5. The van der Waals surface area contributed by atoms with Gasteiger partial charge in [0, 0.05) is 28.3 Å². The summed E-state index contributed by atoms with van der Waals surface area (Å²) >= 11 is 1.86. The van der Waals surface area contributed by atoms with Gasteiger partial charge in [-0.25, -0.2) is 4.79 Å². The Kier molecular flexibility index (Phi) is 4.26. The zero-order valence-electron chi connectivity index (χ0n) is 15.6. The molecular formula is C22H25NO2S. The van der Waals surface area contributed by atoms with Crippen LogP contribution in [0.15, 0.2) is 58.3 Å². The molecule has 1 amide bonds. The van der Waals surface area contributed by atoms with Gasteiger partial charge in [-0.2, -0.15) is 0 Å². The Balaban J connectivity index is 1.65. The van der Waals surface area contributed by atoms with Crippen molar-refractivity contribution in [1.29, 1.82) is 0 Å². The van der Waals surface area contributed by atoms with Crippen LogP contribution in [0, 0.1) is 0 Å². The lowest BCUT2D eigenvalue weighted by Gasteiger charge is -2.46. The van der Waals surface area contributed by atoms with Crippen molar-refractivity contribution >= 4 is 17.9 Å². The number of rotatable bonds is 0. The van der Waals surface area contributed by atoms with E-state index < -0.39 is 5.60 Å². The highest BCUT2D eigenvalue weighted by Crippen LogP contribution is 2.53. The van der Waals surface area contributed by atoms with Crippen molar-refractivity contribution in [2.45, 2.75) is 54.4 Å². The molecule has 0 saturated carbocycles. The second-order valence-electron chi connectivity index (χ2n) is 8.14. The van der Waals surface area contributed by atoms with E-state index in [4.69, 9.17) is 4.74 Å². The third-order valence-corrected chi connectivity index (χ3v) is 6.45. The number of hydrogen-bond donors (Lipinski definition) is 0. The van der Waals surface area contributed by atoms with Gasteiger partial charge in [0.15, 0.2) is 0 Å². The van der Waals surface area contributed by atoms with Crippen LogP contribution in [0.3, 0.4) is 0 Å². The highest BCUT2D eigenvalue weighted by atomic mass is 32.2. The molecule has 3 nitrogen and oxygen atoms in total. The zero-order chi connectivity index (χ0) is 18.4. The average molecular weight is 368 g/mol. The summed E-state index contributed by atoms with van der Waals surface area (Å²) in [7, 11) is 0. The molecule has 0 N–H and O–H groups in total. The number of ether oxygens (including phenoxy) is 1. The predicted octanol–water partition coefficient (Wildman–Crippen LogP) is 5.47. The molecule has 2 heterocycles. The Hall–Kier alpha value is -1.94. The molecule has 2 aliphatic rings. The first-order valence-corrected chi connectivity index (χ1v) is 10.1. The van der Waals surface area contributed by atoms with E-state index in [0.29, 0.717) is 0 Å². The van der Waals surface area contributed by atoms with Crippen molar-refractivity contribution in [2.75, 3.05) is 13.1 Å². The Bertz CT molecular complexity index is 785. The molecule has 0 unspecified atom stereocenters. The Morgan fingerprint density at radius 1 is 0.962 bits per heavy atom. The van der Waals surface area contributed by atoms with Crippen molar-refractivity contribution in [1.82, 2.24) is 4.90 Å². The SMILES string of the molecule is CC(C)(C)OC(=O)N1CCC2(CC1)c1ccccc1Sc1ccccc12. The molecule has 1 spiro atoms. The topological polar surface area (TPSA) is 29.5 Å². The minimum absolute atomic E-state index is 0.00303. The molecule has 0 bridgehead atoms. The number of carbonyl (C=O) groups excluding carboxylic acids is 1. The molecule has 0 aromatic heterocycles. The molecule has 0 radical (unpaired) electrons. The van der Waals surface area contributed by atoms with Gasteiger partial charge in [0.25, 0.3) is 0 Å². The quantitative estimate of drug-likeness (QED) is 0.618. The van der Waals surface area contributed by atoms with Crippen LogP contribution < -0.4 is 0 Å². The van der Waals surface area contributed by atoms with Gasteiger partial charge >= 0.3 is 6.09 Å². The number of amides is 1. The minimum Gasteiger partial charge on any atom is -0.444 e. The minimum atomic E-state index is -0.451. The van der Waals surface area contributed by atoms with E-state index in [2.05, 4.69) is 48.5 Å². The normalized spacial score (nSPS) is 18.2. The number of fused-ring (bicyclic) bond motifs is 4. The fourth-order valence-corrected chi connectivity index (χ4v) is 5.38. The summed E-state index contributed by atoms with van der Waals surface area (Å²) in [6.07, 6.45) is 1.67. The molecule has 1 saturated heterocycles. The number of nitrogens with zero attached hydrogens (tertiary/aromatic N) is 1. The first-order chi connectivity index (χ1) is 12.4. The largest absolute Gasteiger partial charge is 0.444 e. The average Bonchev–Trinajstić information content (AvgIpc) is 2.61. The summed E-state index contributed by atoms with van der Waals surface area (Å²) in [4.78, 5) is 17.0. The zero-order valence-corrected chi connectivity index (χ0v) is 16.4. The van der Waals surface area contributed by atoms with Crippen molar-refractivity contribution in [3.8, 4) is 0 Å². The molecule has 136 valence electrons. The first kappa shape index (κ1) is 17.5. The van der Waals surface area contributed by atoms with E-state index in [0.717, 1.165) is 25.9 Å². The van der Waals surface area contributed by atoms with Crippen LogP contribution in [0.5, 0.6) is 0 Å². The molecular weight excluding hydrogens is 342 g/mol. The van der Waals surface area contributed by atoms with E-state index in [1.807, 2.05) is 37.4 Å².